The number of nitrogens with one attached hydrogen (secondary N) is 1. The van der Waals surface area contributed by atoms with Crippen molar-refractivity contribution in [1.82, 2.24) is 4.90 Å². The maximum Gasteiger partial charge on any atom is 0.321 e. The fourth-order valence-electron chi connectivity index (χ4n) is 1.76. The van der Waals surface area contributed by atoms with Crippen molar-refractivity contribution in [3.05, 3.63) is 29.6 Å². The molecular formula is C13H16N2OS. The van der Waals surface area contributed by atoms with Crippen LogP contribution in [0.4, 0.5) is 10.5 Å². The van der Waals surface area contributed by atoms with Gasteiger partial charge in [0.15, 0.2) is 0 Å². The molecule has 0 saturated heterocycles. The second-order valence-electron chi connectivity index (χ2n) is 3.78. The zero-order chi connectivity index (χ0) is 12.3. The Labute approximate surface area is 105 Å². The van der Waals surface area contributed by atoms with Crippen molar-refractivity contribution in [3.63, 3.8) is 0 Å². The average molecular weight is 248 g/mol. The van der Waals surface area contributed by atoms with Gasteiger partial charge in [-0.1, -0.05) is 0 Å². The minimum Gasteiger partial charge on any atom is -0.325 e. The van der Waals surface area contributed by atoms with Crippen LogP contribution in [0.2, 0.25) is 0 Å². The van der Waals surface area contributed by atoms with Gasteiger partial charge >= 0.3 is 6.03 Å². The number of benzene rings is 1. The smallest absolute Gasteiger partial charge is 0.321 e. The molecule has 0 aliphatic rings. The largest absolute Gasteiger partial charge is 0.325 e. The Morgan fingerprint density at radius 3 is 2.76 bits per heavy atom. The number of anilines is 1. The van der Waals surface area contributed by atoms with Gasteiger partial charge in [0.2, 0.25) is 0 Å². The van der Waals surface area contributed by atoms with E-state index in [9.17, 15) is 4.79 Å². The van der Waals surface area contributed by atoms with Crippen molar-refractivity contribution >= 4 is 33.1 Å². The first kappa shape index (κ1) is 11.9. The molecule has 2 rings (SSSR count). The molecule has 0 unspecified atom stereocenters. The number of fused-ring (bicyclic) bond motifs is 1. The Kier molecular flexibility index (Phi) is 3.64. The molecule has 1 N–H and O–H groups in total. The van der Waals surface area contributed by atoms with Crippen LogP contribution in [-0.2, 0) is 0 Å². The minimum absolute atomic E-state index is 0.0374. The molecule has 2 aromatic rings. The Balaban J connectivity index is 2.14. The number of amides is 2. The number of urea groups is 1. The quantitative estimate of drug-likeness (QED) is 0.881. The molecule has 0 spiro atoms. The van der Waals surface area contributed by atoms with Crippen molar-refractivity contribution in [2.45, 2.75) is 13.8 Å². The SMILES string of the molecule is CCN(CC)C(=O)Nc1ccc2sccc2c1. The number of carbonyl (C=O) groups is 1. The van der Waals surface area contributed by atoms with Gasteiger partial charge in [0.25, 0.3) is 0 Å². The lowest BCUT2D eigenvalue weighted by Crippen LogP contribution is -2.34. The average Bonchev–Trinajstić information content (AvgIpc) is 2.77. The summed E-state index contributed by atoms with van der Waals surface area (Å²) in [4.78, 5) is 13.6. The molecular weight excluding hydrogens is 232 g/mol. The van der Waals surface area contributed by atoms with E-state index in [4.69, 9.17) is 0 Å². The third kappa shape index (κ3) is 2.58. The Morgan fingerprint density at radius 2 is 2.06 bits per heavy atom. The van der Waals surface area contributed by atoms with Gasteiger partial charge in [0.05, 0.1) is 0 Å². The molecule has 0 saturated carbocycles. The Morgan fingerprint density at radius 1 is 1.29 bits per heavy atom. The molecule has 0 fully saturated rings. The summed E-state index contributed by atoms with van der Waals surface area (Å²) in [5.74, 6) is 0. The lowest BCUT2D eigenvalue weighted by Gasteiger charge is -2.19. The van der Waals surface area contributed by atoms with Crippen molar-refractivity contribution < 1.29 is 4.79 Å². The predicted octanol–water partition coefficient (Wildman–Crippen LogP) is 3.78. The highest BCUT2D eigenvalue weighted by Crippen LogP contribution is 2.24. The molecule has 0 bridgehead atoms. The maximum atomic E-state index is 11.9. The minimum atomic E-state index is -0.0374. The number of hydrogen-bond acceptors (Lipinski definition) is 2. The van der Waals surface area contributed by atoms with Crippen LogP contribution in [0, 0.1) is 0 Å². The van der Waals surface area contributed by atoms with Crippen LogP contribution >= 0.6 is 11.3 Å². The Bertz CT molecular complexity index is 517. The van der Waals surface area contributed by atoms with Crippen LogP contribution in [0.5, 0.6) is 0 Å². The van der Waals surface area contributed by atoms with Gasteiger partial charge in [0, 0.05) is 23.5 Å². The molecule has 90 valence electrons. The zero-order valence-electron chi connectivity index (χ0n) is 10.1. The summed E-state index contributed by atoms with van der Waals surface area (Å²) in [6, 6.07) is 8.02. The van der Waals surface area contributed by atoms with E-state index in [1.165, 1.54) is 10.1 Å². The zero-order valence-corrected chi connectivity index (χ0v) is 10.9. The van der Waals surface area contributed by atoms with Gasteiger partial charge in [0.1, 0.15) is 0 Å². The highest BCUT2D eigenvalue weighted by Gasteiger charge is 2.09. The van der Waals surface area contributed by atoms with E-state index in [0.29, 0.717) is 0 Å². The van der Waals surface area contributed by atoms with Gasteiger partial charge < -0.3 is 10.2 Å². The molecule has 4 heteroatoms. The molecule has 2 amide bonds. The summed E-state index contributed by atoms with van der Waals surface area (Å²) in [6.45, 7) is 5.41. The number of carbonyl (C=O) groups excluding carboxylic acids is 1. The van der Waals surface area contributed by atoms with Crippen molar-refractivity contribution in [3.8, 4) is 0 Å². The summed E-state index contributed by atoms with van der Waals surface area (Å²) in [5.41, 5.74) is 0.854. The number of hydrogen-bond donors (Lipinski definition) is 1. The van der Waals surface area contributed by atoms with Gasteiger partial charge in [-0.2, -0.15) is 0 Å². The molecule has 0 radical (unpaired) electrons. The lowest BCUT2D eigenvalue weighted by molar-refractivity contribution is 0.217. The molecule has 1 aromatic heterocycles. The monoisotopic (exact) mass is 248 g/mol. The van der Waals surface area contributed by atoms with Crippen molar-refractivity contribution in [2.75, 3.05) is 18.4 Å². The fraction of sp³-hybridized carbons (Fsp3) is 0.308. The van der Waals surface area contributed by atoms with Crippen molar-refractivity contribution in [1.29, 1.82) is 0 Å². The van der Waals surface area contributed by atoms with E-state index in [0.717, 1.165) is 18.8 Å². The van der Waals surface area contributed by atoms with Crippen LogP contribution in [0.1, 0.15) is 13.8 Å². The summed E-state index contributed by atoms with van der Waals surface area (Å²) in [6.07, 6.45) is 0. The summed E-state index contributed by atoms with van der Waals surface area (Å²) in [7, 11) is 0. The standard InChI is InChI=1S/C13H16N2OS/c1-3-15(4-2)13(16)14-11-5-6-12-10(9-11)7-8-17-12/h5-9H,3-4H2,1-2H3,(H,14,16). The Hall–Kier alpha value is -1.55. The van der Waals surface area contributed by atoms with Crippen LogP contribution in [0.3, 0.4) is 0 Å². The number of rotatable bonds is 3. The predicted molar refractivity (Wildman–Crippen MR) is 73.8 cm³/mol. The molecule has 1 heterocycles. The second-order valence-corrected chi connectivity index (χ2v) is 4.72. The molecule has 1 aromatic carbocycles. The lowest BCUT2D eigenvalue weighted by atomic mass is 10.2. The molecule has 0 aliphatic heterocycles. The maximum absolute atomic E-state index is 11.9. The first-order chi connectivity index (χ1) is 8.24. The van der Waals surface area contributed by atoms with Crippen LogP contribution in [-0.4, -0.2) is 24.0 Å². The third-order valence-electron chi connectivity index (χ3n) is 2.75. The van der Waals surface area contributed by atoms with Crippen molar-refractivity contribution in [2.24, 2.45) is 0 Å². The van der Waals surface area contributed by atoms with E-state index in [2.05, 4.69) is 16.8 Å². The summed E-state index contributed by atoms with van der Waals surface area (Å²) in [5, 5.41) is 6.15. The van der Waals surface area contributed by atoms with E-state index in [-0.39, 0.29) is 6.03 Å². The van der Waals surface area contributed by atoms with Crippen LogP contribution in [0.15, 0.2) is 29.6 Å². The van der Waals surface area contributed by atoms with E-state index in [1.54, 1.807) is 16.2 Å². The molecule has 3 nitrogen and oxygen atoms in total. The summed E-state index contributed by atoms with van der Waals surface area (Å²) < 4.78 is 1.24. The molecule has 0 aliphatic carbocycles. The summed E-state index contributed by atoms with van der Waals surface area (Å²) >= 11 is 1.71. The van der Waals surface area contributed by atoms with E-state index >= 15 is 0 Å². The second kappa shape index (κ2) is 5.19. The van der Waals surface area contributed by atoms with Gasteiger partial charge in [-0.3, -0.25) is 0 Å². The highest BCUT2D eigenvalue weighted by atomic mass is 32.1. The topological polar surface area (TPSA) is 32.3 Å². The highest BCUT2D eigenvalue weighted by molar-refractivity contribution is 7.17. The number of nitrogens with zero attached hydrogens (tertiary/aromatic N) is 1. The van der Waals surface area contributed by atoms with Gasteiger partial charge in [-0.25, -0.2) is 4.79 Å². The first-order valence-corrected chi connectivity index (χ1v) is 6.65. The van der Waals surface area contributed by atoms with E-state index < -0.39 is 0 Å². The van der Waals surface area contributed by atoms with Gasteiger partial charge in [-0.15, -0.1) is 11.3 Å². The third-order valence-corrected chi connectivity index (χ3v) is 3.65. The van der Waals surface area contributed by atoms with Crippen LogP contribution in [0.25, 0.3) is 10.1 Å². The number of thiophene rings is 1. The first-order valence-electron chi connectivity index (χ1n) is 5.77. The van der Waals surface area contributed by atoms with E-state index in [1.807, 2.05) is 32.0 Å². The molecule has 17 heavy (non-hydrogen) atoms. The fourth-order valence-corrected chi connectivity index (χ4v) is 2.53. The van der Waals surface area contributed by atoms with Crippen LogP contribution < -0.4 is 5.32 Å². The molecule has 0 atom stereocenters. The van der Waals surface area contributed by atoms with Gasteiger partial charge in [-0.05, 0) is 48.9 Å². The normalized spacial score (nSPS) is 10.5.